The van der Waals surface area contributed by atoms with Gasteiger partial charge in [0.1, 0.15) is 0 Å². The number of allylic oxidation sites excluding steroid dienone is 4. The SMILES string of the molecule is C=C(/C=C\C(=C/C)S(=O)(=O)O)CC. The lowest BCUT2D eigenvalue weighted by Crippen LogP contribution is -1.98. The zero-order chi connectivity index (χ0) is 10.5. The molecule has 0 aliphatic heterocycles. The quantitative estimate of drug-likeness (QED) is 0.562. The van der Waals surface area contributed by atoms with Crippen LogP contribution in [0.15, 0.2) is 35.3 Å². The molecule has 0 amide bonds. The minimum Gasteiger partial charge on any atom is -0.282 e. The maximum absolute atomic E-state index is 10.7. The van der Waals surface area contributed by atoms with Crippen molar-refractivity contribution in [3.05, 3.63) is 35.3 Å². The molecule has 0 aromatic carbocycles. The summed E-state index contributed by atoms with van der Waals surface area (Å²) in [5, 5.41) is 0. The van der Waals surface area contributed by atoms with Gasteiger partial charge in [0.05, 0.1) is 4.91 Å². The zero-order valence-electron chi connectivity index (χ0n) is 7.82. The molecule has 1 N–H and O–H groups in total. The summed E-state index contributed by atoms with van der Waals surface area (Å²) in [5.41, 5.74) is 0.808. The Morgan fingerprint density at radius 3 is 2.31 bits per heavy atom. The molecule has 0 aliphatic carbocycles. The van der Waals surface area contributed by atoms with Gasteiger partial charge in [0.2, 0.25) is 0 Å². The van der Waals surface area contributed by atoms with Crippen LogP contribution in [-0.4, -0.2) is 13.0 Å². The first-order valence-electron chi connectivity index (χ1n) is 3.91. The van der Waals surface area contributed by atoms with E-state index in [-0.39, 0.29) is 4.91 Å². The highest BCUT2D eigenvalue weighted by Crippen LogP contribution is 2.08. The third-order valence-corrected chi connectivity index (χ3v) is 2.49. The summed E-state index contributed by atoms with van der Waals surface area (Å²) in [6, 6.07) is 0. The molecule has 0 saturated carbocycles. The van der Waals surface area contributed by atoms with Crippen molar-refractivity contribution in [1.82, 2.24) is 0 Å². The first kappa shape index (κ1) is 12.1. The minimum atomic E-state index is -4.09. The fraction of sp³-hybridized carbons (Fsp3) is 0.333. The number of hydrogen-bond donors (Lipinski definition) is 1. The van der Waals surface area contributed by atoms with Gasteiger partial charge in [0.15, 0.2) is 0 Å². The summed E-state index contributed by atoms with van der Waals surface area (Å²) in [5.74, 6) is 0. The van der Waals surface area contributed by atoms with Crippen molar-refractivity contribution < 1.29 is 13.0 Å². The van der Waals surface area contributed by atoms with E-state index in [0.29, 0.717) is 0 Å². The van der Waals surface area contributed by atoms with Crippen LogP contribution in [0, 0.1) is 0 Å². The molecule has 74 valence electrons. The van der Waals surface area contributed by atoms with Crippen molar-refractivity contribution in [2.45, 2.75) is 20.3 Å². The van der Waals surface area contributed by atoms with E-state index >= 15 is 0 Å². The lowest BCUT2D eigenvalue weighted by molar-refractivity contribution is 0.492. The van der Waals surface area contributed by atoms with E-state index in [1.165, 1.54) is 12.2 Å². The van der Waals surface area contributed by atoms with E-state index in [1.54, 1.807) is 13.0 Å². The van der Waals surface area contributed by atoms with Crippen LogP contribution in [0.25, 0.3) is 0 Å². The monoisotopic (exact) mass is 202 g/mol. The molecule has 0 unspecified atom stereocenters. The number of rotatable bonds is 4. The molecule has 4 heteroatoms. The maximum atomic E-state index is 10.7. The summed E-state index contributed by atoms with van der Waals surface area (Å²) in [7, 11) is -4.09. The van der Waals surface area contributed by atoms with Crippen molar-refractivity contribution >= 4 is 10.1 Å². The van der Waals surface area contributed by atoms with E-state index in [1.807, 2.05) is 6.92 Å². The molecule has 0 radical (unpaired) electrons. The topological polar surface area (TPSA) is 54.4 Å². The van der Waals surface area contributed by atoms with Crippen LogP contribution in [-0.2, 0) is 10.1 Å². The van der Waals surface area contributed by atoms with E-state index in [4.69, 9.17) is 4.55 Å². The third-order valence-electron chi connectivity index (χ3n) is 1.52. The second-order valence-corrected chi connectivity index (χ2v) is 3.93. The molecule has 0 fully saturated rings. The normalized spacial score (nSPS) is 13.6. The Kier molecular flexibility index (Phi) is 4.66. The van der Waals surface area contributed by atoms with E-state index < -0.39 is 10.1 Å². The fourth-order valence-corrected chi connectivity index (χ4v) is 1.19. The summed E-state index contributed by atoms with van der Waals surface area (Å²) < 4.78 is 30.0. The van der Waals surface area contributed by atoms with Gasteiger partial charge in [-0.05, 0) is 19.4 Å². The Hall–Kier alpha value is -0.870. The summed E-state index contributed by atoms with van der Waals surface area (Å²) >= 11 is 0. The molecule has 13 heavy (non-hydrogen) atoms. The van der Waals surface area contributed by atoms with Crippen LogP contribution in [0.4, 0.5) is 0 Å². The second kappa shape index (κ2) is 4.99. The van der Waals surface area contributed by atoms with Crippen molar-refractivity contribution in [3.63, 3.8) is 0 Å². The maximum Gasteiger partial charge on any atom is 0.294 e. The van der Waals surface area contributed by atoms with Gasteiger partial charge >= 0.3 is 0 Å². The lowest BCUT2D eigenvalue weighted by Gasteiger charge is -1.96. The van der Waals surface area contributed by atoms with Gasteiger partial charge in [0.25, 0.3) is 10.1 Å². The molecule has 0 atom stereocenters. The van der Waals surface area contributed by atoms with Gasteiger partial charge in [-0.15, -0.1) is 0 Å². The lowest BCUT2D eigenvalue weighted by atomic mass is 10.2. The Bertz CT molecular complexity index is 334. The van der Waals surface area contributed by atoms with Crippen molar-refractivity contribution in [1.29, 1.82) is 0 Å². The standard InChI is InChI=1S/C9H14O3S/c1-4-8(3)6-7-9(5-2)13(10,11)12/h5-7H,3-4H2,1-2H3,(H,10,11,12)/b7-6-,9-5+. The summed E-state index contributed by atoms with van der Waals surface area (Å²) in [4.78, 5) is -0.109. The van der Waals surface area contributed by atoms with E-state index in [2.05, 4.69) is 6.58 Å². The Morgan fingerprint density at radius 2 is 2.00 bits per heavy atom. The molecule has 0 saturated heterocycles. The molecular formula is C9H14O3S. The van der Waals surface area contributed by atoms with Gasteiger partial charge in [0, 0.05) is 0 Å². The summed E-state index contributed by atoms with van der Waals surface area (Å²) in [6.45, 7) is 7.13. The van der Waals surface area contributed by atoms with E-state index in [0.717, 1.165) is 12.0 Å². The van der Waals surface area contributed by atoms with Crippen LogP contribution < -0.4 is 0 Å². The molecule has 0 heterocycles. The molecule has 0 aliphatic rings. The smallest absolute Gasteiger partial charge is 0.282 e. The molecule has 0 bridgehead atoms. The fourth-order valence-electron chi connectivity index (χ4n) is 0.649. The highest BCUT2D eigenvalue weighted by Gasteiger charge is 2.07. The van der Waals surface area contributed by atoms with Gasteiger partial charge in [-0.1, -0.05) is 31.2 Å². The zero-order valence-corrected chi connectivity index (χ0v) is 8.63. The minimum absolute atomic E-state index is 0.109. The van der Waals surface area contributed by atoms with E-state index in [9.17, 15) is 8.42 Å². The molecular weight excluding hydrogens is 188 g/mol. The predicted molar refractivity (Wildman–Crippen MR) is 53.9 cm³/mol. The van der Waals surface area contributed by atoms with Gasteiger partial charge in [-0.3, -0.25) is 4.55 Å². The Labute approximate surface area is 79.2 Å². The van der Waals surface area contributed by atoms with Gasteiger partial charge in [-0.2, -0.15) is 8.42 Å². The van der Waals surface area contributed by atoms with Crippen LogP contribution in [0.2, 0.25) is 0 Å². The second-order valence-electron chi connectivity index (χ2n) is 2.51. The van der Waals surface area contributed by atoms with Crippen molar-refractivity contribution in [3.8, 4) is 0 Å². The first-order valence-corrected chi connectivity index (χ1v) is 5.35. The number of hydrogen-bond acceptors (Lipinski definition) is 2. The van der Waals surface area contributed by atoms with Crippen LogP contribution in [0.3, 0.4) is 0 Å². The highest BCUT2D eigenvalue weighted by molar-refractivity contribution is 7.90. The largest absolute Gasteiger partial charge is 0.294 e. The predicted octanol–water partition coefficient (Wildman–Crippen LogP) is 2.30. The van der Waals surface area contributed by atoms with Crippen molar-refractivity contribution in [2.24, 2.45) is 0 Å². The van der Waals surface area contributed by atoms with Gasteiger partial charge in [-0.25, -0.2) is 0 Å². The molecule has 0 aromatic rings. The molecule has 0 spiro atoms. The average Bonchev–Trinajstić information content (AvgIpc) is 2.02. The Balaban J connectivity index is 4.70. The van der Waals surface area contributed by atoms with Crippen LogP contribution >= 0.6 is 0 Å². The molecule has 0 rings (SSSR count). The van der Waals surface area contributed by atoms with Gasteiger partial charge < -0.3 is 0 Å². The Morgan fingerprint density at radius 1 is 1.46 bits per heavy atom. The van der Waals surface area contributed by atoms with Crippen molar-refractivity contribution in [2.75, 3.05) is 0 Å². The average molecular weight is 202 g/mol. The first-order chi connectivity index (χ1) is 5.91. The molecule has 0 aromatic heterocycles. The summed E-state index contributed by atoms with van der Waals surface area (Å²) in [6.07, 6.45) is 4.98. The highest BCUT2D eigenvalue weighted by atomic mass is 32.2. The van der Waals surface area contributed by atoms with Crippen LogP contribution in [0.5, 0.6) is 0 Å². The molecule has 3 nitrogen and oxygen atoms in total. The third kappa shape index (κ3) is 4.65. The van der Waals surface area contributed by atoms with Crippen LogP contribution in [0.1, 0.15) is 20.3 Å².